The second-order valence-corrected chi connectivity index (χ2v) is 51.5. The van der Waals surface area contributed by atoms with Gasteiger partial charge in [-0.25, -0.2) is 0 Å². The third-order valence-electron chi connectivity index (χ3n) is 13.0. The maximum atomic E-state index is 15.5. The van der Waals surface area contributed by atoms with Gasteiger partial charge in [-0.3, -0.25) is 0 Å². The van der Waals surface area contributed by atoms with Crippen molar-refractivity contribution in [3.05, 3.63) is 69.7 Å². The molecule has 13 nitrogen and oxygen atoms in total. The van der Waals surface area contributed by atoms with E-state index in [0.717, 1.165) is 90.6 Å². The van der Waals surface area contributed by atoms with Gasteiger partial charge in [0.1, 0.15) is 0 Å². The molecule has 6 saturated heterocycles. The summed E-state index contributed by atoms with van der Waals surface area (Å²) in [5.74, 6) is -2.34. The number of rotatable bonds is 24. The Bertz CT molecular complexity index is 1620. The van der Waals surface area contributed by atoms with E-state index in [-0.39, 0.29) is 22.4 Å². The molecule has 6 aliphatic heterocycles. The zero-order chi connectivity index (χ0) is 46.2. The molecule has 0 aromatic heterocycles. The number of hydrogen-bond acceptors (Lipinski definition) is 13. The molecule has 0 radical (unpaired) electrons. The van der Waals surface area contributed by atoms with Crippen molar-refractivity contribution in [2.45, 2.75) is 119 Å². The molecule has 0 aliphatic carbocycles. The average molecular weight is 1280 g/mol. The van der Waals surface area contributed by atoms with Crippen molar-refractivity contribution in [1.82, 2.24) is 9.80 Å². The summed E-state index contributed by atoms with van der Waals surface area (Å²) in [6.07, 6.45) is 6.92. The van der Waals surface area contributed by atoms with Crippen LogP contribution in [0.5, 0.6) is 0 Å². The Labute approximate surface area is 415 Å². The third-order valence-corrected chi connectivity index (χ3v) is 58.0. The first-order valence-electron chi connectivity index (χ1n) is 24.4. The Hall–Kier alpha value is 0.283. The summed E-state index contributed by atoms with van der Waals surface area (Å²) in [6.45, 7) is 16.2. The summed E-state index contributed by atoms with van der Waals surface area (Å²) in [6, 6.07) is 15.0. The number of carbonyl (C=O) groups is 2. The maximum absolute atomic E-state index is 15.5. The number of unbranched alkanes of at least 4 members (excludes halogenated alkanes) is 4. The van der Waals surface area contributed by atoms with Gasteiger partial charge in [-0.1, -0.05) is 0 Å². The SMILES string of the molecule is CCC[CH2][Sn]([CH2]CCC)([O]C(=O)C([CH2][Ge]12[O]CCN(CC[O]1)CC[O]2)c1ccccc1Cl)[O][Sn]([CH2]CCC)([CH2]CCC)[O]C(=O)C([CH2][Ge]12[O]CCN(CC[O]1)CC[O]2)c1ccccc1Cl. The van der Waals surface area contributed by atoms with E-state index >= 15 is 9.59 Å². The van der Waals surface area contributed by atoms with Gasteiger partial charge in [0.2, 0.25) is 0 Å². The molecule has 0 spiro atoms. The summed E-state index contributed by atoms with van der Waals surface area (Å²) in [5.41, 5.74) is 1.33. The van der Waals surface area contributed by atoms with Crippen LogP contribution >= 0.6 is 23.2 Å². The molecule has 2 aromatic carbocycles. The monoisotopic (exact) mass is 1290 g/mol. The molecule has 2 aromatic rings. The summed E-state index contributed by atoms with van der Waals surface area (Å²) < 4.78 is 64.4. The summed E-state index contributed by atoms with van der Waals surface area (Å²) in [5, 5.41) is 1.45. The summed E-state index contributed by atoms with van der Waals surface area (Å²) in [7, 11) is 0. The molecule has 19 heteroatoms. The topological polar surface area (TPSA) is 124 Å². The molecule has 0 amide bonds. The standard InChI is InChI=1S/2C15H20ClGeNO5.4C4H9.O.2Sn/c2*16-14-4-2-1-3-12(14)13(15(19)20)11-17-21-8-5-18(6-9-22-17)7-10-23-17;4*1-3-4-2;;;/h2*1-4,13H,5-11H2,(H,19,20);4*1,3-4H2,2H3;;;/q;;;;;;;2*+1/p-2. The first kappa shape index (κ1) is 54.6. The molecule has 65 heavy (non-hydrogen) atoms. The van der Waals surface area contributed by atoms with Gasteiger partial charge < -0.3 is 0 Å². The van der Waals surface area contributed by atoms with Crippen LogP contribution in [0.25, 0.3) is 0 Å². The van der Waals surface area contributed by atoms with Crippen LogP contribution in [0.3, 0.4) is 0 Å². The van der Waals surface area contributed by atoms with Crippen molar-refractivity contribution in [3.8, 4) is 0 Å². The van der Waals surface area contributed by atoms with Gasteiger partial charge in [0.15, 0.2) is 0 Å². The van der Waals surface area contributed by atoms with Crippen LogP contribution in [-0.2, 0) is 39.7 Å². The number of halogens is 2. The van der Waals surface area contributed by atoms with E-state index < -0.39 is 78.8 Å². The van der Waals surface area contributed by atoms with E-state index in [9.17, 15) is 0 Å². The van der Waals surface area contributed by atoms with Gasteiger partial charge in [0.25, 0.3) is 0 Å². The van der Waals surface area contributed by atoms with E-state index in [1.54, 1.807) is 0 Å². The second-order valence-electron chi connectivity index (χ2n) is 17.9. The fourth-order valence-electron chi connectivity index (χ4n) is 9.24. The Morgan fingerprint density at radius 1 is 0.538 bits per heavy atom. The van der Waals surface area contributed by atoms with Crippen molar-refractivity contribution < 1.29 is 39.7 Å². The fraction of sp³-hybridized carbons (Fsp3) is 0.696. The Morgan fingerprint density at radius 2 is 0.831 bits per heavy atom. The molecular formula is C46H74Cl2Ge2N2O11Sn2. The van der Waals surface area contributed by atoms with Crippen LogP contribution < -0.4 is 0 Å². The van der Waals surface area contributed by atoms with E-state index in [1.807, 2.05) is 48.5 Å². The summed E-state index contributed by atoms with van der Waals surface area (Å²) in [4.78, 5) is 35.5. The Morgan fingerprint density at radius 3 is 1.11 bits per heavy atom. The minimum absolute atomic E-state index is 0.248. The molecule has 6 heterocycles. The molecule has 2 atom stereocenters. The molecule has 0 N–H and O–H groups in total. The van der Waals surface area contributed by atoms with Gasteiger partial charge in [-0.05, 0) is 0 Å². The van der Waals surface area contributed by atoms with Gasteiger partial charge in [0, 0.05) is 0 Å². The Kier molecular flexibility index (Phi) is 22.9. The second kappa shape index (κ2) is 27.2. The van der Waals surface area contributed by atoms with Crippen LogP contribution in [0.4, 0.5) is 0 Å². The number of hydrogen-bond donors (Lipinski definition) is 0. The third kappa shape index (κ3) is 15.6. The van der Waals surface area contributed by atoms with Gasteiger partial charge >= 0.3 is 419 Å². The quantitative estimate of drug-likeness (QED) is 0.0929. The number of carbonyl (C=O) groups excluding carboxylic acids is 2. The number of benzene rings is 2. The summed E-state index contributed by atoms with van der Waals surface area (Å²) >= 11 is -3.34. The van der Waals surface area contributed by atoms with Crippen LogP contribution in [0, 0.1) is 0 Å². The minimum atomic E-state index is -4.61. The fourth-order valence-corrected chi connectivity index (χ4v) is 62.5. The molecule has 6 fully saturated rings. The predicted molar refractivity (Wildman–Crippen MR) is 262 cm³/mol. The van der Waals surface area contributed by atoms with Crippen LogP contribution in [0.15, 0.2) is 48.5 Å². The number of fused-ring (bicyclic) bond motifs is 12. The first-order valence-corrected chi connectivity index (χ1v) is 46.0. The molecule has 8 rings (SSSR count). The first-order chi connectivity index (χ1) is 31.5. The van der Waals surface area contributed by atoms with Crippen molar-refractivity contribution in [2.24, 2.45) is 0 Å². The van der Waals surface area contributed by atoms with Gasteiger partial charge in [-0.15, -0.1) is 0 Å². The Balaban J connectivity index is 1.40. The average Bonchev–Trinajstić information content (AvgIpc) is 3.25. The van der Waals surface area contributed by atoms with Crippen LogP contribution in [0.1, 0.15) is 102 Å². The van der Waals surface area contributed by atoms with Crippen molar-refractivity contribution >= 4 is 102 Å². The van der Waals surface area contributed by atoms with Crippen molar-refractivity contribution in [1.29, 1.82) is 0 Å². The molecule has 2 unspecified atom stereocenters. The van der Waals surface area contributed by atoms with Crippen LogP contribution in [0.2, 0.25) is 38.3 Å². The van der Waals surface area contributed by atoms with E-state index in [2.05, 4.69) is 37.5 Å². The molecule has 364 valence electrons. The number of nitrogens with zero attached hydrogens (tertiary/aromatic N) is 2. The molecule has 0 saturated carbocycles. The van der Waals surface area contributed by atoms with Crippen molar-refractivity contribution in [2.75, 3.05) is 78.9 Å². The van der Waals surface area contributed by atoms with Crippen molar-refractivity contribution in [3.63, 3.8) is 0 Å². The predicted octanol–water partition coefficient (Wildman–Crippen LogP) is 9.68. The zero-order valence-electron chi connectivity index (χ0n) is 39.3. The van der Waals surface area contributed by atoms with Gasteiger partial charge in [-0.2, -0.15) is 0 Å². The van der Waals surface area contributed by atoms with Crippen LogP contribution in [-0.4, -0.2) is 168 Å². The van der Waals surface area contributed by atoms with E-state index in [1.165, 1.54) is 0 Å². The van der Waals surface area contributed by atoms with E-state index in [0.29, 0.717) is 78.6 Å². The normalized spacial score (nSPS) is 25.0. The molecular weight excluding hydrogens is 1210 g/mol. The van der Waals surface area contributed by atoms with Gasteiger partial charge in [0.05, 0.1) is 0 Å². The van der Waals surface area contributed by atoms with E-state index in [4.69, 9.17) is 53.3 Å². The zero-order valence-corrected chi connectivity index (χ0v) is 50.7. The molecule has 6 aliphatic rings. The molecule has 4 bridgehead atoms.